The zero-order valence-electron chi connectivity index (χ0n) is 9.32. The van der Waals surface area contributed by atoms with Crippen molar-refractivity contribution < 1.29 is 9.30 Å². The van der Waals surface area contributed by atoms with Crippen LogP contribution in [-0.2, 0) is 7.05 Å². The number of rotatable bonds is 1. The lowest BCUT2D eigenvalue weighted by atomic mass is 10.2. The van der Waals surface area contributed by atoms with E-state index >= 15 is 0 Å². The molecule has 0 radical (unpaired) electrons. The lowest BCUT2D eigenvalue weighted by Gasteiger charge is -1.97. The van der Waals surface area contributed by atoms with E-state index in [1.807, 2.05) is 25.4 Å². The molecular formula is C13H13N2O+. The first-order valence-electron chi connectivity index (χ1n) is 5.23. The maximum atomic E-state index is 5.25. The molecular weight excluding hydrogens is 200 g/mol. The van der Waals surface area contributed by atoms with Crippen LogP contribution in [-0.4, -0.2) is 12.1 Å². The molecule has 0 fully saturated rings. The van der Waals surface area contributed by atoms with Crippen molar-refractivity contribution in [1.29, 1.82) is 0 Å². The summed E-state index contributed by atoms with van der Waals surface area (Å²) < 4.78 is 7.34. The number of fused-ring (bicyclic) bond motifs is 3. The van der Waals surface area contributed by atoms with E-state index in [0.717, 1.165) is 16.9 Å². The molecule has 1 aromatic carbocycles. The molecule has 0 aliphatic heterocycles. The molecule has 0 bridgehead atoms. The van der Waals surface area contributed by atoms with Gasteiger partial charge in [0.25, 0.3) is 5.65 Å². The molecule has 0 spiro atoms. The first-order chi connectivity index (χ1) is 7.79. The van der Waals surface area contributed by atoms with E-state index in [0.29, 0.717) is 0 Å². The van der Waals surface area contributed by atoms with Gasteiger partial charge in [-0.2, -0.15) is 0 Å². The summed E-state index contributed by atoms with van der Waals surface area (Å²) in [6.07, 6.45) is 2.04. The molecule has 0 atom stereocenters. The van der Waals surface area contributed by atoms with Crippen molar-refractivity contribution in [2.45, 2.75) is 0 Å². The Morgan fingerprint density at radius 2 is 2.06 bits per heavy atom. The molecule has 1 N–H and O–H groups in total. The number of nitrogens with zero attached hydrogens (tertiary/aromatic N) is 1. The standard InChI is InChI=1S/C13H12N2O/c1-15-7-3-4-10-11-8-9(16-2)5-6-12(11)14-13(10)15/h3-8H,1-2H3/p+1. The van der Waals surface area contributed by atoms with E-state index in [4.69, 9.17) is 4.74 Å². The summed E-state index contributed by atoms with van der Waals surface area (Å²) in [5.74, 6) is 0.889. The molecule has 3 nitrogen and oxygen atoms in total. The van der Waals surface area contributed by atoms with Crippen LogP contribution in [0.15, 0.2) is 36.5 Å². The second-order valence-electron chi connectivity index (χ2n) is 3.92. The largest absolute Gasteiger partial charge is 0.497 e. The van der Waals surface area contributed by atoms with Crippen LogP contribution < -0.4 is 9.30 Å². The monoisotopic (exact) mass is 213 g/mol. The lowest BCUT2D eigenvalue weighted by Crippen LogP contribution is -2.27. The summed E-state index contributed by atoms with van der Waals surface area (Å²) in [4.78, 5) is 3.40. The van der Waals surface area contributed by atoms with Crippen LogP contribution >= 0.6 is 0 Å². The highest BCUT2D eigenvalue weighted by atomic mass is 16.5. The minimum atomic E-state index is 0.889. The number of pyridine rings is 1. The summed E-state index contributed by atoms with van der Waals surface area (Å²) in [5.41, 5.74) is 2.27. The third-order valence-corrected chi connectivity index (χ3v) is 2.95. The highest BCUT2D eigenvalue weighted by Crippen LogP contribution is 2.26. The molecule has 2 heterocycles. The number of H-pyrrole nitrogens is 1. The molecule has 0 saturated carbocycles. The molecule has 0 saturated heterocycles. The normalized spacial score (nSPS) is 11.1. The molecule has 80 valence electrons. The number of hydrogen-bond donors (Lipinski definition) is 1. The first-order valence-corrected chi connectivity index (χ1v) is 5.23. The van der Waals surface area contributed by atoms with E-state index in [1.165, 1.54) is 10.8 Å². The van der Waals surface area contributed by atoms with Gasteiger partial charge in [-0.1, -0.05) is 0 Å². The number of aromatic nitrogens is 2. The summed E-state index contributed by atoms with van der Waals surface area (Å²) >= 11 is 0. The van der Waals surface area contributed by atoms with Gasteiger partial charge in [0.1, 0.15) is 11.3 Å². The van der Waals surface area contributed by atoms with Crippen molar-refractivity contribution in [2.75, 3.05) is 7.11 Å². The van der Waals surface area contributed by atoms with Gasteiger partial charge in [0.2, 0.25) is 0 Å². The van der Waals surface area contributed by atoms with E-state index in [9.17, 15) is 0 Å². The van der Waals surface area contributed by atoms with Gasteiger partial charge in [0.05, 0.1) is 25.7 Å². The minimum absolute atomic E-state index is 0.889. The second-order valence-corrected chi connectivity index (χ2v) is 3.92. The Morgan fingerprint density at radius 1 is 1.19 bits per heavy atom. The summed E-state index contributed by atoms with van der Waals surface area (Å²) in [6, 6.07) is 10.3. The van der Waals surface area contributed by atoms with Crippen molar-refractivity contribution in [2.24, 2.45) is 7.05 Å². The number of benzene rings is 1. The average molecular weight is 213 g/mol. The van der Waals surface area contributed by atoms with Gasteiger partial charge in [0.15, 0.2) is 0 Å². The van der Waals surface area contributed by atoms with Gasteiger partial charge in [-0.15, -0.1) is 0 Å². The fourth-order valence-corrected chi connectivity index (χ4v) is 2.09. The van der Waals surface area contributed by atoms with Gasteiger partial charge in [-0.25, -0.2) is 9.55 Å². The maximum Gasteiger partial charge on any atom is 0.287 e. The van der Waals surface area contributed by atoms with Crippen molar-refractivity contribution in [3.63, 3.8) is 0 Å². The van der Waals surface area contributed by atoms with Crippen molar-refractivity contribution in [1.82, 2.24) is 4.98 Å². The maximum absolute atomic E-state index is 5.25. The lowest BCUT2D eigenvalue weighted by molar-refractivity contribution is -0.646. The van der Waals surface area contributed by atoms with Crippen LogP contribution in [0.2, 0.25) is 0 Å². The quantitative estimate of drug-likeness (QED) is 0.616. The Morgan fingerprint density at radius 3 is 2.88 bits per heavy atom. The predicted octanol–water partition coefficient (Wildman–Crippen LogP) is 2.15. The Hall–Kier alpha value is -2.03. The SMILES string of the molecule is COc1ccc2[nH]c3c(ccc[n+]3C)c2c1. The third kappa shape index (κ3) is 1.18. The van der Waals surface area contributed by atoms with Crippen LogP contribution in [0.25, 0.3) is 21.9 Å². The molecule has 0 aliphatic rings. The summed E-state index contributed by atoms with van der Waals surface area (Å²) in [5, 5.41) is 2.42. The number of aromatic amines is 1. The Bertz CT molecular complexity index is 670. The molecule has 3 rings (SSSR count). The van der Waals surface area contributed by atoms with E-state index in [2.05, 4.69) is 27.8 Å². The zero-order chi connectivity index (χ0) is 11.1. The molecule has 3 aromatic rings. The molecule has 0 amide bonds. The van der Waals surface area contributed by atoms with Gasteiger partial charge in [0, 0.05) is 5.39 Å². The number of ether oxygens (including phenoxy) is 1. The highest BCUT2D eigenvalue weighted by molar-refractivity contribution is 6.05. The number of aryl methyl sites for hydroxylation is 1. The number of methoxy groups -OCH3 is 1. The van der Waals surface area contributed by atoms with Crippen LogP contribution in [0.4, 0.5) is 0 Å². The Labute approximate surface area is 93.3 Å². The molecule has 0 unspecified atom stereocenters. The summed E-state index contributed by atoms with van der Waals surface area (Å²) in [7, 11) is 3.73. The van der Waals surface area contributed by atoms with Crippen LogP contribution in [0.3, 0.4) is 0 Å². The van der Waals surface area contributed by atoms with Crippen LogP contribution in [0.5, 0.6) is 5.75 Å². The fourth-order valence-electron chi connectivity index (χ4n) is 2.09. The second kappa shape index (κ2) is 3.23. The van der Waals surface area contributed by atoms with E-state index in [1.54, 1.807) is 7.11 Å². The minimum Gasteiger partial charge on any atom is -0.497 e. The van der Waals surface area contributed by atoms with Gasteiger partial charge >= 0.3 is 0 Å². The molecule has 16 heavy (non-hydrogen) atoms. The molecule has 0 aliphatic carbocycles. The van der Waals surface area contributed by atoms with Gasteiger partial charge < -0.3 is 4.74 Å². The topological polar surface area (TPSA) is 28.9 Å². The first kappa shape index (κ1) is 9.21. The van der Waals surface area contributed by atoms with Crippen LogP contribution in [0.1, 0.15) is 0 Å². The number of nitrogens with one attached hydrogen (secondary N) is 1. The Balaban J connectivity index is 2.47. The van der Waals surface area contributed by atoms with Gasteiger partial charge in [-0.3, -0.25) is 0 Å². The van der Waals surface area contributed by atoms with Crippen molar-refractivity contribution in [3.8, 4) is 5.75 Å². The predicted molar refractivity (Wildman–Crippen MR) is 63.5 cm³/mol. The third-order valence-electron chi connectivity index (χ3n) is 2.95. The van der Waals surface area contributed by atoms with E-state index in [-0.39, 0.29) is 0 Å². The number of hydrogen-bond acceptors (Lipinski definition) is 1. The van der Waals surface area contributed by atoms with E-state index < -0.39 is 0 Å². The average Bonchev–Trinajstić information content (AvgIpc) is 2.68. The van der Waals surface area contributed by atoms with Crippen molar-refractivity contribution >= 4 is 21.9 Å². The van der Waals surface area contributed by atoms with Crippen molar-refractivity contribution in [3.05, 3.63) is 36.5 Å². The Kier molecular flexibility index (Phi) is 1.86. The van der Waals surface area contributed by atoms with Gasteiger partial charge in [-0.05, 0) is 30.3 Å². The van der Waals surface area contributed by atoms with Crippen LogP contribution in [0, 0.1) is 0 Å². The smallest absolute Gasteiger partial charge is 0.287 e. The highest BCUT2D eigenvalue weighted by Gasteiger charge is 2.12. The zero-order valence-corrected chi connectivity index (χ0v) is 9.32. The molecule has 3 heteroatoms. The molecule has 2 aromatic heterocycles. The fraction of sp³-hybridized carbons (Fsp3) is 0.154. The summed E-state index contributed by atoms with van der Waals surface area (Å²) in [6.45, 7) is 0.